The normalized spacial score (nSPS) is 11.2. The smallest absolute Gasteiger partial charge is 0.169 e. The van der Waals surface area contributed by atoms with Gasteiger partial charge < -0.3 is 9.47 Å². The Morgan fingerprint density at radius 3 is 1.81 bits per heavy atom. The van der Waals surface area contributed by atoms with Crippen molar-refractivity contribution in [3.8, 4) is 0 Å². The molecule has 0 radical (unpaired) electrons. The van der Waals surface area contributed by atoms with Gasteiger partial charge in [-0.25, -0.2) is 0 Å². The molecule has 2 aromatic rings. The molecule has 0 N–H and O–H groups in total. The van der Waals surface area contributed by atoms with Crippen LogP contribution in [0.1, 0.15) is 11.4 Å². The van der Waals surface area contributed by atoms with Crippen molar-refractivity contribution in [3.05, 3.63) is 60.2 Å². The van der Waals surface area contributed by atoms with Gasteiger partial charge in [0.05, 0.1) is 17.9 Å². The summed E-state index contributed by atoms with van der Waals surface area (Å²) >= 11 is 0. The van der Waals surface area contributed by atoms with Crippen LogP contribution >= 0.6 is 0 Å². The summed E-state index contributed by atoms with van der Waals surface area (Å²) in [5.41, 5.74) is 2.03. The van der Waals surface area contributed by atoms with Crippen molar-refractivity contribution >= 4 is 0 Å². The van der Waals surface area contributed by atoms with Crippen LogP contribution in [0.15, 0.2) is 48.8 Å². The Morgan fingerprint density at radius 2 is 1.43 bits per heavy atom. The molecule has 5 nitrogen and oxygen atoms in total. The molecule has 0 saturated carbocycles. The molecule has 2 rings (SSSR count). The van der Waals surface area contributed by atoms with E-state index >= 15 is 0 Å². The first kappa shape index (κ1) is 15.6. The Labute approximate surface area is 125 Å². The first-order valence-electron chi connectivity index (χ1n) is 6.89. The van der Waals surface area contributed by atoms with Gasteiger partial charge in [-0.2, -0.15) is 0 Å². The molecule has 5 heteroatoms. The minimum absolute atomic E-state index is 0.266. The maximum atomic E-state index is 5.30. The van der Waals surface area contributed by atoms with Crippen molar-refractivity contribution in [2.45, 2.75) is 19.4 Å². The SMILES string of the molecule is COC(CN(Cc1ccccn1)Cc1ccccn1)OC. The molecule has 0 aliphatic rings. The molecular weight excluding hydrogens is 266 g/mol. The number of methoxy groups -OCH3 is 2. The predicted octanol–water partition coefficient (Wildman–Crippen LogP) is 2.10. The average molecular weight is 287 g/mol. The molecule has 0 atom stereocenters. The van der Waals surface area contributed by atoms with Crippen molar-refractivity contribution in [3.63, 3.8) is 0 Å². The van der Waals surface area contributed by atoms with Crippen molar-refractivity contribution in [2.75, 3.05) is 20.8 Å². The van der Waals surface area contributed by atoms with Crippen LogP contribution in [0.2, 0.25) is 0 Å². The van der Waals surface area contributed by atoms with E-state index in [4.69, 9.17) is 9.47 Å². The average Bonchev–Trinajstić information content (AvgIpc) is 2.54. The summed E-state index contributed by atoms with van der Waals surface area (Å²) in [6, 6.07) is 11.8. The number of pyridine rings is 2. The molecule has 0 aromatic carbocycles. The van der Waals surface area contributed by atoms with E-state index in [0.717, 1.165) is 24.5 Å². The van der Waals surface area contributed by atoms with Crippen LogP contribution in [0.3, 0.4) is 0 Å². The molecule has 2 aromatic heterocycles. The maximum absolute atomic E-state index is 5.30. The third-order valence-electron chi connectivity index (χ3n) is 3.16. The highest BCUT2D eigenvalue weighted by atomic mass is 16.7. The minimum atomic E-state index is -0.266. The Morgan fingerprint density at radius 1 is 0.905 bits per heavy atom. The molecule has 0 aliphatic heterocycles. The van der Waals surface area contributed by atoms with Crippen LogP contribution in [0.4, 0.5) is 0 Å². The highest BCUT2D eigenvalue weighted by molar-refractivity contribution is 5.06. The summed E-state index contributed by atoms with van der Waals surface area (Å²) in [5, 5.41) is 0. The highest BCUT2D eigenvalue weighted by Crippen LogP contribution is 2.09. The highest BCUT2D eigenvalue weighted by Gasteiger charge is 2.15. The van der Waals surface area contributed by atoms with E-state index in [1.165, 1.54) is 0 Å². The fourth-order valence-electron chi connectivity index (χ4n) is 2.08. The molecule has 0 saturated heterocycles. The third-order valence-corrected chi connectivity index (χ3v) is 3.16. The minimum Gasteiger partial charge on any atom is -0.355 e. The second kappa shape index (κ2) is 8.46. The first-order valence-corrected chi connectivity index (χ1v) is 6.89. The van der Waals surface area contributed by atoms with E-state index in [-0.39, 0.29) is 6.29 Å². The molecule has 112 valence electrons. The predicted molar refractivity (Wildman–Crippen MR) is 80.4 cm³/mol. The Kier molecular flexibility index (Phi) is 6.27. The first-order chi connectivity index (χ1) is 10.3. The molecule has 2 heterocycles. The molecular formula is C16H21N3O2. The fraction of sp³-hybridized carbons (Fsp3) is 0.375. The summed E-state index contributed by atoms with van der Waals surface area (Å²) < 4.78 is 10.6. The molecule has 0 fully saturated rings. The lowest BCUT2D eigenvalue weighted by Gasteiger charge is -2.25. The van der Waals surface area contributed by atoms with E-state index < -0.39 is 0 Å². The van der Waals surface area contributed by atoms with E-state index in [9.17, 15) is 0 Å². The molecule has 0 bridgehead atoms. The van der Waals surface area contributed by atoms with E-state index in [1.54, 1.807) is 26.6 Å². The number of hydrogen-bond acceptors (Lipinski definition) is 5. The van der Waals surface area contributed by atoms with Gasteiger partial charge in [-0.3, -0.25) is 14.9 Å². The van der Waals surface area contributed by atoms with Gasteiger partial charge in [-0.15, -0.1) is 0 Å². The van der Waals surface area contributed by atoms with Gasteiger partial charge in [0.25, 0.3) is 0 Å². The Bertz CT molecular complexity index is 462. The third kappa shape index (κ3) is 5.23. The summed E-state index contributed by atoms with van der Waals surface area (Å²) in [5.74, 6) is 0. The van der Waals surface area contributed by atoms with Gasteiger partial charge in [0.15, 0.2) is 6.29 Å². The van der Waals surface area contributed by atoms with E-state index in [2.05, 4.69) is 14.9 Å². The number of ether oxygens (including phenoxy) is 2. The lowest BCUT2D eigenvalue weighted by atomic mass is 10.3. The molecule has 0 unspecified atom stereocenters. The van der Waals surface area contributed by atoms with Crippen LogP contribution in [0.5, 0.6) is 0 Å². The lowest BCUT2D eigenvalue weighted by Crippen LogP contribution is -2.34. The number of rotatable bonds is 8. The van der Waals surface area contributed by atoms with Crippen molar-refractivity contribution < 1.29 is 9.47 Å². The fourth-order valence-corrected chi connectivity index (χ4v) is 2.08. The van der Waals surface area contributed by atoms with Crippen molar-refractivity contribution in [1.29, 1.82) is 0 Å². The molecule has 0 amide bonds. The van der Waals surface area contributed by atoms with Crippen LogP contribution in [0, 0.1) is 0 Å². The van der Waals surface area contributed by atoms with Crippen LogP contribution in [-0.4, -0.2) is 41.9 Å². The Balaban J connectivity index is 2.06. The van der Waals surface area contributed by atoms with Gasteiger partial charge in [0.1, 0.15) is 0 Å². The van der Waals surface area contributed by atoms with Crippen LogP contribution < -0.4 is 0 Å². The molecule has 21 heavy (non-hydrogen) atoms. The van der Waals surface area contributed by atoms with Crippen molar-refractivity contribution in [1.82, 2.24) is 14.9 Å². The van der Waals surface area contributed by atoms with Gasteiger partial charge in [-0.05, 0) is 24.3 Å². The standard InChI is InChI=1S/C16H21N3O2/c1-20-16(21-2)13-19(11-14-7-3-5-9-17-14)12-15-8-4-6-10-18-15/h3-10,16H,11-13H2,1-2H3. The second-order valence-electron chi connectivity index (χ2n) is 4.71. The van der Waals surface area contributed by atoms with Gasteiger partial charge in [0, 0.05) is 39.7 Å². The van der Waals surface area contributed by atoms with Crippen LogP contribution in [-0.2, 0) is 22.6 Å². The summed E-state index contributed by atoms with van der Waals surface area (Å²) in [6.45, 7) is 2.10. The zero-order valence-corrected chi connectivity index (χ0v) is 12.5. The number of nitrogens with zero attached hydrogens (tertiary/aromatic N) is 3. The van der Waals surface area contributed by atoms with E-state index in [1.807, 2.05) is 36.4 Å². The monoisotopic (exact) mass is 287 g/mol. The quantitative estimate of drug-likeness (QED) is 0.696. The molecule has 0 aliphatic carbocycles. The lowest BCUT2D eigenvalue weighted by molar-refractivity contribution is -0.118. The topological polar surface area (TPSA) is 47.5 Å². The summed E-state index contributed by atoms with van der Waals surface area (Å²) in [4.78, 5) is 11.0. The zero-order valence-electron chi connectivity index (χ0n) is 12.5. The van der Waals surface area contributed by atoms with Gasteiger partial charge in [-0.1, -0.05) is 12.1 Å². The summed E-state index contributed by atoms with van der Waals surface area (Å²) in [6.07, 6.45) is 3.34. The van der Waals surface area contributed by atoms with Gasteiger partial charge in [0.2, 0.25) is 0 Å². The van der Waals surface area contributed by atoms with E-state index in [0.29, 0.717) is 6.54 Å². The Hall–Kier alpha value is -1.82. The zero-order chi connectivity index (χ0) is 14.9. The second-order valence-corrected chi connectivity index (χ2v) is 4.71. The van der Waals surface area contributed by atoms with Gasteiger partial charge >= 0.3 is 0 Å². The molecule has 0 spiro atoms. The van der Waals surface area contributed by atoms with Crippen molar-refractivity contribution in [2.24, 2.45) is 0 Å². The number of aromatic nitrogens is 2. The van der Waals surface area contributed by atoms with Crippen LogP contribution in [0.25, 0.3) is 0 Å². The number of hydrogen-bond donors (Lipinski definition) is 0. The largest absolute Gasteiger partial charge is 0.355 e. The summed E-state index contributed by atoms with van der Waals surface area (Å²) in [7, 11) is 3.29. The maximum Gasteiger partial charge on any atom is 0.169 e.